The molecule has 1 heterocycles. The number of amides is 1. The number of carbonyl (C=O) groups excluding carboxylic acids is 1. The van der Waals surface area contributed by atoms with Gasteiger partial charge in [-0.2, -0.15) is 0 Å². The van der Waals surface area contributed by atoms with E-state index in [0.29, 0.717) is 6.54 Å². The van der Waals surface area contributed by atoms with Gasteiger partial charge in [0.05, 0.1) is 0 Å². The van der Waals surface area contributed by atoms with Gasteiger partial charge in [-0.3, -0.25) is 4.79 Å². The zero-order valence-electron chi connectivity index (χ0n) is 9.08. The van der Waals surface area contributed by atoms with Crippen molar-refractivity contribution in [3.8, 4) is 0 Å². The van der Waals surface area contributed by atoms with Crippen molar-refractivity contribution in [2.75, 3.05) is 0 Å². The molecule has 0 saturated heterocycles. The average Bonchev–Trinajstić information content (AvgIpc) is 2.55. The Morgan fingerprint density at radius 3 is 2.43 bits per heavy atom. The van der Waals surface area contributed by atoms with Gasteiger partial charge in [-0.05, 0) is 32.4 Å². The lowest BCUT2D eigenvalue weighted by Crippen LogP contribution is -2.44. The summed E-state index contributed by atoms with van der Waals surface area (Å²) in [6, 6.07) is 3.83. The van der Waals surface area contributed by atoms with Gasteiger partial charge in [0.25, 0.3) is 0 Å². The molecule has 1 N–H and O–H groups in total. The molecule has 0 bridgehead atoms. The van der Waals surface area contributed by atoms with Crippen LogP contribution in [-0.4, -0.2) is 16.0 Å². The molecule has 0 atom stereocenters. The number of hydrogen-bond donors (Lipinski definition) is 1. The molecule has 1 amide bonds. The lowest BCUT2D eigenvalue weighted by molar-refractivity contribution is -0.123. The van der Waals surface area contributed by atoms with Gasteiger partial charge in [0.15, 0.2) is 0 Å². The Morgan fingerprint density at radius 1 is 1.36 bits per heavy atom. The summed E-state index contributed by atoms with van der Waals surface area (Å²) in [7, 11) is 0. The van der Waals surface area contributed by atoms with Crippen LogP contribution in [0.3, 0.4) is 0 Å². The van der Waals surface area contributed by atoms with Crippen LogP contribution in [0.25, 0.3) is 0 Å². The van der Waals surface area contributed by atoms with E-state index in [-0.39, 0.29) is 11.4 Å². The zero-order valence-corrected chi connectivity index (χ0v) is 9.08. The van der Waals surface area contributed by atoms with E-state index in [2.05, 4.69) is 12.2 Å². The molecule has 0 aliphatic carbocycles. The van der Waals surface area contributed by atoms with Crippen LogP contribution in [0.1, 0.15) is 27.2 Å². The van der Waals surface area contributed by atoms with Crippen LogP contribution in [0, 0.1) is 0 Å². The fourth-order valence-electron chi connectivity index (χ4n) is 1.15. The quantitative estimate of drug-likeness (QED) is 0.779. The summed E-state index contributed by atoms with van der Waals surface area (Å²) in [5.74, 6) is 0.0630. The maximum Gasteiger partial charge on any atom is 0.240 e. The van der Waals surface area contributed by atoms with Gasteiger partial charge in [0.2, 0.25) is 5.91 Å². The van der Waals surface area contributed by atoms with E-state index in [1.807, 2.05) is 42.9 Å². The van der Waals surface area contributed by atoms with Gasteiger partial charge in [-0.15, -0.1) is 0 Å². The molecular formula is C11H18N2O. The highest BCUT2D eigenvalue weighted by molar-refractivity contribution is 5.76. The minimum atomic E-state index is -0.107. The highest BCUT2D eigenvalue weighted by Crippen LogP contribution is 2.06. The number of rotatable bonds is 4. The summed E-state index contributed by atoms with van der Waals surface area (Å²) >= 11 is 0. The van der Waals surface area contributed by atoms with E-state index in [9.17, 15) is 4.79 Å². The zero-order chi connectivity index (χ0) is 10.6. The molecule has 0 radical (unpaired) electrons. The first kappa shape index (κ1) is 10.8. The molecule has 0 unspecified atom stereocenters. The van der Waals surface area contributed by atoms with E-state index >= 15 is 0 Å². The lowest BCUT2D eigenvalue weighted by Gasteiger charge is -2.24. The average molecular weight is 194 g/mol. The molecule has 0 aromatic carbocycles. The number of hydrogen-bond acceptors (Lipinski definition) is 1. The van der Waals surface area contributed by atoms with Crippen molar-refractivity contribution in [3.05, 3.63) is 24.5 Å². The smallest absolute Gasteiger partial charge is 0.240 e. The van der Waals surface area contributed by atoms with Gasteiger partial charge < -0.3 is 9.88 Å². The summed E-state index contributed by atoms with van der Waals surface area (Å²) in [5, 5.41) is 2.98. The predicted octanol–water partition coefficient (Wildman–Crippen LogP) is 1.79. The van der Waals surface area contributed by atoms with Crippen molar-refractivity contribution in [3.63, 3.8) is 0 Å². The van der Waals surface area contributed by atoms with Gasteiger partial charge in [0.1, 0.15) is 6.54 Å². The summed E-state index contributed by atoms with van der Waals surface area (Å²) in [6.45, 7) is 6.52. The minimum absolute atomic E-state index is 0.0630. The molecular weight excluding hydrogens is 176 g/mol. The van der Waals surface area contributed by atoms with Crippen LogP contribution in [0.15, 0.2) is 24.5 Å². The van der Waals surface area contributed by atoms with E-state index < -0.39 is 0 Å². The van der Waals surface area contributed by atoms with E-state index in [1.165, 1.54) is 0 Å². The van der Waals surface area contributed by atoms with Crippen LogP contribution in [0.5, 0.6) is 0 Å². The third-order valence-corrected chi connectivity index (χ3v) is 2.35. The summed E-state index contributed by atoms with van der Waals surface area (Å²) in [5.41, 5.74) is -0.107. The normalized spacial score (nSPS) is 11.4. The highest BCUT2D eigenvalue weighted by Gasteiger charge is 2.17. The van der Waals surface area contributed by atoms with Crippen molar-refractivity contribution >= 4 is 5.91 Å². The first-order valence-corrected chi connectivity index (χ1v) is 4.95. The predicted molar refractivity (Wildman–Crippen MR) is 56.9 cm³/mol. The Bertz CT molecular complexity index is 288. The van der Waals surface area contributed by atoms with Crippen molar-refractivity contribution in [2.45, 2.75) is 39.3 Å². The molecule has 1 aromatic heterocycles. The molecule has 0 fully saturated rings. The van der Waals surface area contributed by atoms with Gasteiger partial charge in [-0.25, -0.2) is 0 Å². The van der Waals surface area contributed by atoms with E-state index in [4.69, 9.17) is 0 Å². The second-order valence-corrected chi connectivity index (χ2v) is 4.14. The molecule has 1 rings (SSSR count). The third-order valence-electron chi connectivity index (χ3n) is 2.35. The van der Waals surface area contributed by atoms with Crippen LogP contribution in [0.4, 0.5) is 0 Å². The van der Waals surface area contributed by atoms with Crippen molar-refractivity contribution in [1.82, 2.24) is 9.88 Å². The first-order chi connectivity index (χ1) is 6.53. The molecule has 3 heteroatoms. The molecule has 1 aromatic rings. The van der Waals surface area contributed by atoms with Crippen LogP contribution in [0.2, 0.25) is 0 Å². The fraction of sp³-hybridized carbons (Fsp3) is 0.545. The maximum absolute atomic E-state index is 11.6. The molecule has 0 aliphatic heterocycles. The second kappa shape index (κ2) is 4.31. The highest BCUT2D eigenvalue weighted by atomic mass is 16.2. The monoisotopic (exact) mass is 194 g/mol. The SMILES string of the molecule is CCC(C)(C)NC(=O)Cn1cccc1. The van der Waals surface area contributed by atoms with Crippen LogP contribution in [-0.2, 0) is 11.3 Å². The largest absolute Gasteiger partial charge is 0.350 e. The number of nitrogens with zero attached hydrogens (tertiary/aromatic N) is 1. The fourth-order valence-corrected chi connectivity index (χ4v) is 1.15. The number of aromatic nitrogens is 1. The third kappa shape index (κ3) is 3.24. The summed E-state index contributed by atoms with van der Waals surface area (Å²) < 4.78 is 1.86. The van der Waals surface area contributed by atoms with Gasteiger partial charge in [0, 0.05) is 17.9 Å². The molecule has 78 valence electrons. The van der Waals surface area contributed by atoms with E-state index in [1.54, 1.807) is 0 Å². The summed E-state index contributed by atoms with van der Waals surface area (Å²) in [6.07, 6.45) is 4.71. The van der Waals surface area contributed by atoms with Crippen molar-refractivity contribution in [1.29, 1.82) is 0 Å². The molecule has 0 saturated carbocycles. The topological polar surface area (TPSA) is 34.0 Å². The van der Waals surface area contributed by atoms with Gasteiger partial charge >= 0.3 is 0 Å². The molecule has 14 heavy (non-hydrogen) atoms. The van der Waals surface area contributed by atoms with Crippen molar-refractivity contribution in [2.24, 2.45) is 0 Å². The number of carbonyl (C=O) groups is 1. The maximum atomic E-state index is 11.6. The lowest BCUT2D eigenvalue weighted by atomic mass is 10.0. The minimum Gasteiger partial charge on any atom is -0.350 e. The Balaban J connectivity index is 2.44. The Labute approximate surface area is 85.1 Å². The Morgan fingerprint density at radius 2 is 1.93 bits per heavy atom. The Hall–Kier alpha value is -1.25. The molecule has 0 spiro atoms. The van der Waals surface area contributed by atoms with Crippen LogP contribution < -0.4 is 5.32 Å². The summed E-state index contributed by atoms with van der Waals surface area (Å²) in [4.78, 5) is 11.6. The second-order valence-electron chi connectivity index (χ2n) is 4.14. The molecule has 3 nitrogen and oxygen atoms in total. The molecule has 0 aliphatic rings. The van der Waals surface area contributed by atoms with Gasteiger partial charge in [-0.1, -0.05) is 6.92 Å². The number of nitrogens with one attached hydrogen (secondary N) is 1. The van der Waals surface area contributed by atoms with Crippen LogP contribution >= 0.6 is 0 Å². The van der Waals surface area contributed by atoms with E-state index in [0.717, 1.165) is 6.42 Å². The standard InChI is InChI=1S/C11H18N2O/c1-4-11(2,3)12-10(14)9-13-7-5-6-8-13/h5-8H,4,9H2,1-3H3,(H,12,14). The van der Waals surface area contributed by atoms with Crippen molar-refractivity contribution < 1.29 is 4.79 Å². The first-order valence-electron chi connectivity index (χ1n) is 4.95. The Kier molecular flexibility index (Phi) is 3.33.